The zero-order valence-electron chi connectivity index (χ0n) is 14.6. The van der Waals surface area contributed by atoms with Gasteiger partial charge in [-0.25, -0.2) is 4.98 Å². The number of likely N-dealkylation sites (tertiary alicyclic amines) is 1. The Morgan fingerprint density at radius 3 is 2.71 bits per heavy atom. The predicted molar refractivity (Wildman–Crippen MR) is 90.5 cm³/mol. The van der Waals surface area contributed by atoms with E-state index in [9.17, 15) is 4.79 Å². The van der Waals surface area contributed by atoms with Crippen molar-refractivity contribution in [3.63, 3.8) is 0 Å². The first-order valence-corrected chi connectivity index (χ1v) is 9.39. The molecule has 1 atom stereocenters. The van der Waals surface area contributed by atoms with Crippen molar-refractivity contribution in [1.82, 2.24) is 19.4 Å². The molecule has 1 amide bonds. The topological polar surface area (TPSA) is 50.6 Å². The lowest BCUT2D eigenvalue weighted by Gasteiger charge is -2.43. The van der Waals surface area contributed by atoms with Gasteiger partial charge in [0.25, 0.3) is 0 Å². The van der Waals surface area contributed by atoms with Crippen LogP contribution in [0.25, 0.3) is 0 Å². The second kappa shape index (κ2) is 6.84. The summed E-state index contributed by atoms with van der Waals surface area (Å²) >= 11 is 0. The summed E-state index contributed by atoms with van der Waals surface area (Å²) in [5.74, 6) is 1.27. The van der Waals surface area contributed by atoms with Gasteiger partial charge in [0.2, 0.25) is 5.91 Å². The zero-order chi connectivity index (χ0) is 16.5. The number of rotatable bonds is 5. The molecule has 3 heterocycles. The highest BCUT2D eigenvalue weighted by Crippen LogP contribution is 2.34. The number of hydrogen-bond donors (Lipinski definition) is 0. The van der Waals surface area contributed by atoms with Crippen LogP contribution in [-0.2, 0) is 22.7 Å². The molecule has 6 nitrogen and oxygen atoms in total. The van der Waals surface area contributed by atoms with Gasteiger partial charge in [-0.1, -0.05) is 6.42 Å². The Morgan fingerprint density at radius 1 is 1.21 bits per heavy atom. The number of amides is 1. The Kier molecular flexibility index (Phi) is 4.59. The first-order chi connectivity index (χ1) is 11.7. The van der Waals surface area contributed by atoms with Crippen LogP contribution in [-0.4, -0.2) is 57.5 Å². The number of aromatic nitrogens is 2. The van der Waals surface area contributed by atoms with Crippen LogP contribution in [0.4, 0.5) is 0 Å². The standard InChI is InChI=1S/C18H28N4O2/c1-14-18-19-11-16(12-24-13-17(23)20-7-2-3-8-20)22(18)10-9-21(14)15-5-4-6-15/h11,14-15H,2-10,12-13H2,1H3/t14-/m1/s1. The number of hydrogen-bond acceptors (Lipinski definition) is 4. The van der Waals surface area contributed by atoms with E-state index >= 15 is 0 Å². The molecule has 2 aliphatic heterocycles. The van der Waals surface area contributed by atoms with Gasteiger partial charge in [0.05, 0.1) is 24.5 Å². The van der Waals surface area contributed by atoms with Gasteiger partial charge in [-0.3, -0.25) is 9.69 Å². The van der Waals surface area contributed by atoms with Gasteiger partial charge in [0, 0.05) is 32.2 Å². The van der Waals surface area contributed by atoms with Crippen LogP contribution < -0.4 is 0 Å². The molecule has 0 unspecified atom stereocenters. The highest BCUT2D eigenvalue weighted by Gasteiger charge is 2.34. The third-order valence-electron chi connectivity index (χ3n) is 5.90. The Balaban J connectivity index is 1.33. The molecule has 0 aromatic carbocycles. The number of carbonyl (C=O) groups excluding carboxylic acids is 1. The van der Waals surface area contributed by atoms with Crippen molar-refractivity contribution in [2.75, 3.05) is 26.2 Å². The molecule has 4 rings (SSSR count). The van der Waals surface area contributed by atoms with Gasteiger partial charge < -0.3 is 14.2 Å². The summed E-state index contributed by atoms with van der Waals surface area (Å²) in [7, 11) is 0. The van der Waals surface area contributed by atoms with Gasteiger partial charge in [-0.15, -0.1) is 0 Å². The van der Waals surface area contributed by atoms with E-state index in [1.165, 1.54) is 19.3 Å². The number of carbonyl (C=O) groups is 1. The van der Waals surface area contributed by atoms with E-state index in [1.54, 1.807) is 0 Å². The maximum absolute atomic E-state index is 12.0. The second-order valence-electron chi connectivity index (χ2n) is 7.34. The smallest absolute Gasteiger partial charge is 0.248 e. The maximum Gasteiger partial charge on any atom is 0.248 e. The molecule has 1 aliphatic carbocycles. The molecule has 0 radical (unpaired) electrons. The highest BCUT2D eigenvalue weighted by atomic mass is 16.5. The Labute approximate surface area is 143 Å². The largest absolute Gasteiger partial charge is 0.365 e. The van der Waals surface area contributed by atoms with Crippen LogP contribution in [0.5, 0.6) is 0 Å². The van der Waals surface area contributed by atoms with E-state index in [0.29, 0.717) is 12.6 Å². The minimum atomic E-state index is 0.121. The van der Waals surface area contributed by atoms with Crippen LogP contribution in [0.15, 0.2) is 6.20 Å². The van der Waals surface area contributed by atoms with Gasteiger partial charge >= 0.3 is 0 Å². The van der Waals surface area contributed by atoms with Crippen LogP contribution in [0.2, 0.25) is 0 Å². The predicted octanol–water partition coefficient (Wildman–Crippen LogP) is 1.95. The average Bonchev–Trinajstić information content (AvgIpc) is 3.18. The Bertz CT molecular complexity index is 590. The van der Waals surface area contributed by atoms with Crippen LogP contribution in [0.1, 0.15) is 56.6 Å². The van der Waals surface area contributed by atoms with Crippen molar-refractivity contribution >= 4 is 5.91 Å². The molecule has 6 heteroatoms. The second-order valence-corrected chi connectivity index (χ2v) is 7.34. The zero-order valence-corrected chi connectivity index (χ0v) is 14.6. The third kappa shape index (κ3) is 2.97. The Morgan fingerprint density at radius 2 is 2.00 bits per heavy atom. The van der Waals surface area contributed by atoms with Crippen LogP contribution in [0.3, 0.4) is 0 Å². The van der Waals surface area contributed by atoms with E-state index in [2.05, 4.69) is 21.4 Å². The fourth-order valence-electron chi connectivity index (χ4n) is 4.21. The summed E-state index contributed by atoms with van der Waals surface area (Å²) in [4.78, 5) is 21.2. The molecule has 132 valence electrons. The van der Waals surface area contributed by atoms with Crippen molar-refractivity contribution in [3.05, 3.63) is 17.7 Å². The van der Waals surface area contributed by atoms with Gasteiger partial charge in [-0.2, -0.15) is 0 Å². The molecule has 24 heavy (non-hydrogen) atoms. The normalized spacial score (nSPS) is 24.9. The summed E-state index contributed by atoms with van der Waals surface area (Å²) in [6.45, 7) is 6.77. The summed E-state index contributed by atoms with van der Waals surface area (Å²) in [5, 5.41) is 0. The summed E-state index contributed by atoms with van der Waals surface area (Å²) in [6, 6.07) is 1.13. The minimum Gasteiger partial charge on any atom is -0.365 e. The van der Waals surface area contributed by atoms with Crippen molar-refractivity contribution in [1.29, 1.82) is 0 Å². The van der Waals surface area contributed by atoms with Gasteiger partial charge in [0.1, 0.15) is 12.4 Å². The fraction of sp³-hybridized carbons (Fsp3) is 0.778. The summed E-state index contributed by atoms with van der Waals surface area (Å²) in [5.41, 5.74) is 1.10. The average molecular weight is 332 g/mol. The fourth-order valence-corrected chi connectivity index (χ4v) is 4.21. The van der Waals surface area contributed by atoms with Crippen molar-refractivity contribution in [2.24, 2.45) is 0 Å². The van der Waals surface area contributed by atoms with Gasteiger partial charge in [0.15, 0.2) is 0 Å². The number of nitrogens with zero attached hydrogens (tertiary/aromatic N) is 4. The molecule has 0 N–H and O–H groups in total. The van der Waals surface area contributed by atoms with Crippen LogP contribution in [0, 0.1) is 0 Å². The van der Waals surface area contributed by atoms with Crippen molar-refractivity contribution in [3.8, 4) is 0 Å². The third-order valence-corrected chi connectivity index (χ3v) is 5.90. The monoisotopic (exact) mass is 332 g/mol. The number of fused-ring (bicyclic) bond motifs is 1. The van der Waals surface area contributed by atoms with E-state index in [4.69, 9.17) is 4.74 Å². The maximum atomic E-state index is 12.0. The molecule has 3 aliphatic rings. The molecule has 2 fully saturated rings. The first kappa shape index (κ1) is 16.1. The van der Waals surface area contributed by atoms with Crippen molar-refractivity contribution < 1.29 is 9.53 Å². The first-order valence-electron chi connectivity index (χ1n) is 9.39. The molecule has 0 bridgehead atoms. The summed E-state index contributed by atoms with van der Waals surface area (Å²) < 4.78 is 7.99. The van der Waals surface area contributed by atoms with Crippen molar-refractivity contribution in [2.45, 2.75) is 64.3 Å². The lowest BCUT2D eigenvalue weighted by molar-refractivity contribution is -0.135. The van der Waals surface area contributed by atoms with E-state index in [0.717, 1.165) is 56.6 Å². The molecular weight excluding hydrogens is 304 g/mol. The minimum absolute atomic E-state index is 0.121. The molecule has 0 spiro atoms. The number of imidazole rings is 1. The molecule has 1 aromatic heterocycles. The van der Waals surface area contributed by atoms with Gasteiger partial charge in [-0.05, 0) is 32.6 Å². The molecule has 1 aromatic rings. The molecular formula is C18H28N4O2. The quantitative estimate of drug-likeness (QED) is 0.827. The van der Waals surface area contributed by atoms with E-state index < -0.39 is 0 Å². The Hall–Kier alpha value is -1.40. The highest BCUT2D eigenvalue weighted by molar-refractivity contribution is 5.77. The number of ether oxygens (including phenoxy) is 1. The van der Waals surface area contributed by atoms with E-state index in [1.807, 2.05) is 11.1 Å². The lowest BCUT2D eigenvalue weighted by atomic mass is 9.90. The molecule has 1 saturated carbocycles. The molecule has 1 saturated heterocycles. The summed E-state index contributed by atoms with van der Waals surface area (Å²) in [6.07, 6.45) is 8.21. The van der Waals surface area contributed by atoms with E-state index in [-0.39, 0.29) is 12.5 Å². The van der Waals surface area contributed by atoms with Crippen LogP contribution >= 0.6 is 0 Å². The lowest BCUT2D eigenvalue weighted by Crippen LogP contribution is -2.47. The SMILES string of the molecule is C[C@@H]1c2ncc(COCC(=O)N3CCCC3)n2CCN1C1CCC1.